The van der Waals surface area contributed by atoms with Crippen molar-refractivity contribution in [1.82, 2.24) is 4.57 Å². The Kier molecular flexibility index (Phi) is 3.06. The molecule has 0 fully saturated rings. The predicted molar refractivity (Wildman–Crippen MR) is 64.6 cm³/mol. The molecule has 0 aliphatic rings. The van der Waals surface area contributed by atoms with E-state index in [2.05, 4.69) is 0 Å². The molecule has 1 aromatic heterocycles. The van der Waals surface area contributed by atoms with Crippen LogP contribution in [-0.2, 0) is 13.5 Å². The van der Waals surface area contributed by atoms with E-state index in [0.717, 1.165) is 16.5 Å². The quantitative estimate of drug-likeness (QED) is 0.845. The zero-order valence-electron chi connectivity index (χ0n) is 9.31. The van der Waals surface area contributed by atoms with Gasteiger partial charge in [-0.15, -0.1) is 0 Å². The first-order chi connectivity index (χ1) is 7.74. The molecule has 1 N–H and O–H groups in total. The van der Waals surface area contributed by atoms with Crippen LogP contribution in [0, 0.1) is 0 Å². The molecule has 0 amide bonds. The monoisotopic (exact) mass is 217 g/mol. The lowest BCUT2D eigenvalue weighted by Crippen LogP contribution is -2.21. The minimum Gasteiger partial charge on any atom is -0.396 e. The van der Waals surface area contributed by atoms with Crippen molar-refractivity contribution in [1.29, 1.82) is 0 Å². The number of aromatic nitrogens is 1. The highest BCUT2D eigenvalue weighted by Crippen LogP contribution is 2.12. The third kappa shape index (κ3) is 1.86. The van der Waals surface area contributed by atoms with Gasteiger partial charge in [-0.2, -0.15) is 0 Å². The lowest BCUT2D eigenvalue weighted by molar-refractivity contribution is 0.288. The maximum absolute atomic E-state index is 12.0. The molecule has 1 heterocycles. The molecule has 3 heteroatoms. The summed E-state index contributed by atoms with van der Waals surface area (Å²) in [5.74, 6) is 0. The number of para-hydroxylation sites is 1. The Labute approximate surface area is 94.0 Å². The summed E-state index contributed by atoms with van der Waals surface area (Å²) in [6, 6.07) is 9.74. The van der Waals surface area contributed by atoms with Gasteiger partial charge in [0.25, 0.3) is 5.56 Å². The highest BCUT2D eigenvalue weighted by Gasteiger charge is 2.05. The van der Waals surface area contributed by atoms with E-state index in [-0.39, 0.29) is 12.2 Å². The van der Waals surface area contributed by atoms with E-state index in [1.807, 2.05) is 30.3 Å². The number of pyridine rings is 1. The van der Waals surface area contributed by atoms with Crippen molar-refractivity contribution < 1.29 is 5.11 Å². The number of rotatable bonds is 3. The molecule has 0 unspecified atom stereocenters. The molecule has 0 radical (unpaired) electrons. The zero-order chi connectivity index (χ0) is 11.5. The van der Waals surface area contributed by atoms with Crippen LogP contribution in [0.4, 0.5) is 0 Å². The van der Waals surface area contributed by atoms with Crippen LogP contribution < -0.4 is 5.56 Å². The third-order valence-corrected chi connectivity index (χ3v) is 2.81. The average molecular weight is 217 g/mol. The van der Waals surface area contributed by atoms with E-state index in [1.54, 1.807) is 11.6 Å². The Balaban J connectivity index is 2.60. The fourth-order valence-electron chi connectivity index (χ4n) is 1.94. The number of benzene rings is 1. The van der Waals surface area contributed by atoms with E-state index in [9.17, 15) is 4.79 Å². The zero-order valence-corrected chi connectivity index (χ0v) is 9.31. The van der Waals surface area contributed by atoms with Crippen molar-refractivity contribution in [2.45, 2.75) is 12.8 Å². The lowest BCUT2D eigenvalue weighted by atomic mass is 10.1. The molecule has 0 aliphatic heterocycles. The van der Waals surface area contributed by atoms with Gasteiger partial charge >= 0.3 is 0 Å². The topological polar surface area (TPSA) is 42.2 Å². The van der Waals surface area contributed by atoms with Gasteiger partial charge in [0.2, 0.25) is 0 Å². The Hall–Kier alpha value is -1.61. The summed E-state index contributed by atoms with van der Waals surface area (Å²) in [6.07, 6.45) is 1.27. The van der Waals surface area contributed by atoms with Crippen LogP contribution in [-0.4, -0.2) is 16.3 Å². The Morgan fingerprint density at radius 1 is 1.31 bits per heavy atom. The molecule has 0 aliphatic carbocycles. The van der Waals surface area contributed by atoms with Gasteiger partial charge in [-0.3, -0.25) is 4.79 Å². The van der Waals surface area contributed by atoms with Crippen molar-refractivity contribution in [2.24, 2.45) is 7.05 Å². The maximum atomic E-state index is 12.0. The van der Waals surface area contributed by atoms with Crippen LogP contribution in [0.1, 0.15) is 12.0 Å². The van der Waals surface area contributed by atoms with Gasteiger partial charge in [0, 0.05) is 19.2 Å². The molecule has 0 saturated heterocycles. The van der Waals surface area contributed by atoms with Crippen LogP contribution >= 0.6 is 0 Å². The standard InChI is InChI=1S/C13H15NO2/c1-14-12-7-3-2-5-10(12)9-11(13(14)16)6-4-8-15/h2-3,5,7,9,15H,4,6,8H2,1H3. The van der Waals surface area contributed by atoms with Gasteiger partial charge in [-0.25, -0.2) is 0 Å². The largest absolute Gasteiger partial charge is 0.396 e. The molecule has 84 valence electrons. The molecule has 0 atom stereocenters. The van der Waals surface area contributed by atoms with Gasteiger partial charge in [-0.05, 0) is 30.4 Å². The SMILES string of the molecule is Cn1c(=O)c(CCCO)cc2ccccc21. The molecule has 0 saturated carbocycles. The van der Waals surface area contributed by atoms with E-state index in [0.29, 0.717) is 12.8 Å². The molecule has 0 bridgehead atoms. The molecular weight excluding hydrogens is 202 g/mol. The molecule has 16 heavy (non-hydrogen) atoms. The fourth-order valence-corrected chi connectivity index (χ4v) is 1.94. The second kappa shape index (κ2) is 4.49. The molecule has 1 aromatic carbocycles. The van der Waals surface area contributed by atoms with E-state index in [4.69, 9.17) is 5.11 Å². The van der Waals surface area contributed by atoms with Crippen LogP contribution in [0.5, 0.6) is 0 Å². The summed E-state index contributed by atoms with van der Waals surface area (Å²) in [7, 11) is 1.78. The predicted octanol–water partition coefficient (Wildman–Crippen LogP) is 1.46. The highest BCUT2D eigenvalue weighted by atomic mass is 16.2. The Morgan fingerprint density at radius 2 is 2.06 bits per heavy atom. The first kappa shape index (κ1) is 10.9. The summed E-state index contributed by atoms with van der Waals surface area (Å²) in [5.41, 5.74) is 1.75. The fraction of sp³-hybridized carbons (Fsp3) is 0.308. The van der Waals surface area contributed by atoms with Gasteiger partial charge < -0.3 is 9.67 Å². The summed E-state index contributed by atoms with van der Waals surface area (Å²) in [6.45, 7) is 0.121. The molecule has 2 aromatic rings. The smallest absolute Gasteiger partial charge is 0.253 e. The van der Waals surface area contributed by atoms with Crippen LogP contribution in [0.2, 0.25) is 0 Å². The molecule has 3 nitrogen and oxygen atoms in total. The summed E-state index contributed by atoms with van der Waals surface area (Å²) >= 11 is 0. The number of aliphatic hydroxyl groups excluding tert-OH is 1. The van der Waals surface area contributed by atoms with Gasteiger partial charge in [-0.1, -0.05) is 18.2 Å². The number of hydrogen-bond donors (Lipinski definition) is 1. The Bertz CT molecular complexity index is 557. The van der Waals surface area contributed by atoms with Gasteiger partial charge in [0.1, 0.15) is 0 Å². The van der Waals surface area contributed by atoms with Crippen molar-refractivity contribution in [3.63, 3.8) is 0 Å². The van der Waals surface area contributed by atoms with E-state index in [1.165, 1.54) is 0 Å². The molecular formula is C13H15NO2. The van der Waals surface area contributed by atoms with Crippen LogP contribution in [0.25, 0.3) is 10.9 Å². The summed E-state index contributed by atoms with van der Waals surface area (Å²) < 4.78 is 1.67. The number of nitrogens with zero attached hydrogens (tertiary/aromatic N) is 1. The van der Waals surface area contributed by atoms with Crippen molar-refractivity contribution >= 4 is 10.9 Å². The molecule has 2 rings (SSSR count). The first-order valence-electron chi connectivity index (χ1n) is 5.42. The summed E-state index contributed by atoms with van der Waals surface area (Å²) in [4.78, 5) is 12.0. The van der Waals surface area contributed by atoms with Gasteiger partial charge in [0.15, 0.2) is 0 Å². The second-order valence-electron chi connectivity index (χ2n) is 3.92. The maximum Gasteiger partial charge on any atom is 0.253 e. The van der Waals surface area contributed by atoms with E-state index >= 15 is 0 Å². The minimum absolute atomic E-state index is 0.0344. The van der Waals surface area contributed by atoms with E-state index < -0.39 is 0 Å². The lowest BCUT2D eigenvalue weighted by Gasteiger charge is -2.07. The first-order valence-corrected chi connectivity index (χ1v) is 5.42. The number of hydrogen-bond acceptors (Lipinski definition) is 2. The minimum atomic E-state index is 0.0344. The number of aliphatic hydroxyl groups is 1. The van der Waals surface area contributed by atoms with Crippen LogP contribution in [0.3, 0.4) is 0 Å². The highest BCUT2D eigenvalue weighted by molar-refractivity contribution is 5.79. The van der Waals surface area contributed by atoms with Crippen molar-refractivity contribution in [3.8, 4) is 0 Å². The number of aryl methyl sites for hydroxylation is 2. The number of fused-ring (bicyclic) bond motifs is 1. The van der Waals surface area contributed by atoms with Gasteiger partial charge in [0.05, 0.1) is 5.52 Å². The summed E-state index contributed by atoms with van der Waals surface area (Å²) in [5, 5.41) is 9.86. The average Bonchev–Trinajstić information content (AvgIpc) is 2.32. The Morgan fingerprint density at radius 3 is 2.81 bits per heavy atom. The third-order valence-electron chi connectivity index (χ3n) is 2.81. The second-order valence-corrected chi connectivity index (χ2v) is 3.92. The van der Waals surface area contributed by atoms with Crippen molar-refractivity contribution in [3.05, 3.63) is 46.2 Å². The molecule has 0 spiro atoms. The normalized spacial score (nSPS) is 10.9. The van der Waals surface area contributed by atoms with Crippen LogP contribution in [0.15, 0.2) is 35.1 Å². The van der Waals surface area contributed by atoms with Crippen molar-refractivity contribution in [2.75, 3.05) is 6.61 Å².